The number of nitro benzene ring substituents is 1. The predicted octanol–water partition coefficient (Wildman–Crippen LogP) is 2.23. The number of nitro groups is 1. The molecule has 0 aliphatic heterocycles. The molecule has 1 amide bonds. The molecular weight excluding hydrogens is 272 g/mol. The molecule has 8 heteroatoms. The molecule has 19 heavy (non-hydrogen) atoms. The second-order valence-corrected chi connectivity index (χ2v) is 4.15. The number of hydrogen-bond donors (Lipinski definition) is 1. The molecule has 0 atom stereocenters. The Morgan fingerprint density at radius 3 is 2.79 bits per heavy atom. The number of nitrogens with zero attached hydrogens (tertiary/aromatic N) is 3. The van der Waals surface area contributed by atoms with E-state index in [4.69, 9.17) is 11.6 Å². The Morgan fingerprint density at radius 2 is 2.21 bits per heavy atom. The third kappa shape index (κ3) is 2.71. The van der Waals surface area contributed by atoms with Gasteiger partial charge in [-0.05, 0) is 18.2 Å². The Labute approximate surface area is 112 Å². The summed E-state index contributed by atoms with van der Waals surface area (Å²) in [5.41, 5.74) is 0.118. The first-order valence-corrected chi connectivity index (χ1v) is 5.60. The SMILES string of the molecule is Cn1nccc1C(=O)Nc1ccc(Cl)cc1[N+](=O)[O-]. The summed E-state index contributed by atoms with van der Waals surface area (Å²) in [5, 5.41) is 17.4. The number of aromatic nitrogens is 2. The van der Waals surface area contributed by atoms with Crippen molar-refractivity contribution in [1.29, 1.82) is 0 Å². The van der Waals surface area contributed by atoms with Crippen LogP contribution in [0.15, 0.2) is 30.5 Å². The van der Waals surface area contributed by atoms with Crippen molar-refractivity contribution in [3.63, 3.8) is 0 Å². The summed E-state index contributed by atoms with van der Waals surface area (Å²) in [4.78, 5) is 22.2. The molecule has 98 valence electrons. The average molecular weight is 281 g/mol. The normalized spacial score (nSPS) is 10.2. The molecule has 0 fully saturated rings. The van der Waals surface area contributed by atoms with Crippen molar-refractivity contribution >= 4 is 28.9 Å². The lowest BCUT2D eigenvalue weighted by Gasteiger charge is -2.06. The van der Waals surface area contributed by atoms with Crippen molar-refractivity contribution in [2.24, 2.45) is 7.05 Å². The highest BCUT2D eigenvalue weighted by atomic mass is 35.5. The van der Waals surface area contributed by atoms with Crippen molar-refractivity contribution < 1.29 is 9.72 Å². The van der Waals surface area contributed by atoms with Crippen LogP contribution in [0.2, 0.25) is 5.02 Å². The van der Waals surface area contributed by atoms with Gasteiger partial charge in [-0.25, -0.2) is 0 Å². The summed E-state index contributed by atoms with van der Waals surface area (Å²) in [6.45, 7) is 0. The number of carbonyl (C=O) groups excluding carboxylic acids is 1. The van der Waals surface area contributed by atoms with Gasteiger partial charge in [0.15, 0.2) is 0 Å². The van der Waals surface area contributed by atoms with Crippen LogP contribution < -0.4 is 5.32 Å². The largest absolute Gasteiger partial charge is 0.315 e. The number of hydrogen-bond acceptors (Lipinski definition) is 4. The monoisotopic (exact) mass is 280 g/mol. The van der Waals surface area contributed by atoms with Crippen LogP contribution in [0.4, 0.5) is 11.4 Å². The van der Waals surface area contributed by atoms with E-state index in [1.807, 2.05) is 0 Å². The lowest BCUT2D eigenvalue weighted by Crippen LogP contribution is -2.16. The van der Waals surface area contributed by atoms with Gasteiger partial charge in [0.25, 0.3) is 11.6 Å². The Morgan fingerprint density at radius 1 is 1.47 bits per heavy atom. The van der Waals surface area contributed by atoms with Crippen molar-refractivity contribution in [2.75, 3.05) is 5.32 Å². The zero-order valence-corrected chi connectivity index (χ0v) is 10.6. The fourth-order valence-electron chi connectivity index (χ4n) is 1.54. The molecule has 1 aromatic carbocycles. The molecule has 0 bridgehead atoms. The van der Waals surface area contributed by atoms with Gasteiger partial charge in [0.05, 0.1) is 4.92 Å². The molecule has 0 aliphatic carbocycles. The molecule has 7 nitrogen and oxygen atoms in total. The van der Waals surface area contributed by atoms with Crippen LogP contribution in [0.25, 0.3) is 0 Å². The van der Waals surface area contributed by atoms with Gasteiger partial charge in [-0.2, -0.15) is 5.10 Å². The first kappa shape index (κ1) is 13.0. The average Bonchev–Trinajstić information content (AvgIpc) is 2.77. The molecule has 1 N–H and O–H groups in total. The second-order valence-electron chi connectivity index (χ2n) is 3.71. The maximum absolute atomic E-state index is 11.9. The smallest absolute Gasteiger partial charge is 0.294 e. The Kier molecular flexibility index (Phi) is 3.48. The van der Waals surface area contributed by atoms with E-state index in [2.05, 4.69) is 10.4 Å². The van der Waals surface area contributed by atoms with E-state index in [9.17, 15) is 14.9 Å². The standard InChI is InChI=1S/C11H9ClN4O3/c1-15-9(4-5-13-15)11(17)14-8-3-2-7(12)6-10(8)16(18)19/h2-6H,1H3,(H,14,17). The summed E-state index contributed by atoms with van der Waals surface area (Å²) < 4.78 is 1.37. The van der Waals surface area contributed by atoms with E-state index in [-0.39, 0.29) is 16.4 Å². The van der Waals surface area contributed by atoms with Gasteiger partial charge in [-0.3, -0.25) is 19.6 Å². The lowest BCUT2D eigenvalue weighted by atomic mass is 10.2. The zero-order valence-electron chi connectivity index (χ0n) is 9.83. The van der Waals surface area contributed by atoms with E-state index in [1.165, 1.54) is 35.1 Å². The van der Waals surface area contributed by atoms with E-state index in [1.54, 1.807) is 7.05 Å². The Bertz CT molecular complexity index is 653. The van der Waals surface area contributed by atoms with Crippen molar-refractivity contribution in [2.45, 2.75) is 0 Å². The van der Waals surface area contributed by atoms with E-state index >= 15 is 0 Å². The highest BCUT2D eigenvalue weighted by Gasteiger charge is 2.18. The maximum Gasteiger partial charge on any atom is 0.294 e. The molecule has 0 aliphatic rings. The molecule has 0 saturated heterocycles. The molecule has 0 radical (unpaired) electrons. The van der Waals surface area contributed by atoms with Gasteiger partial charge in [0.2, 0.25) is 0 Å². The maximum atomic E-state index is 11.9. The van der Waals surface area contributed by atoms with Crippen molar-refractivity contribution in [3.05, 3.63) is 51.3 Å². The van der Waals surface area contributed by atoms with Gasteiger partial charge >= 0.3 is 0 Å². The molecule has 0 unspecified atom stereocenters. The summed E-state index contributed by atoms with van der Waals surface area (Å²) >= 11 is 5.69. The first-order valence-electron chi connectivity index (χ1n) is 5.22. The van der Waals surface area contributed by atoms with E-state index in [0.717, 1.165) is 0 Å². The van der Waals surface area contributed by atoms with Gasteiger partial charge in [0, 0.05) is 24.3 Å². The number of nitrogens with one attached hydrogen (secondary N) is 1. The number of anilines is 1. The second kappa shape index (κ2) is 5.07. The van der Waals surface area contributed by atoms with Gasteiger partial charge in [0.1, 0.15) is 11.4 Å². The number of aryl methyl sites for hydroxylation is 1. The van der Waals surface area contributed by atoms with Crippen LogP contribution in [-0.2, 0) is 7.05 Å². The number of carbonyl (C=O) groups is 1. The van der Waals surface area contributed by atoms with Gasteiger partial charge < -0.3 is 5.32 Å². The highest BCUT2D eigenvalue weighted by molar-refractivity contribution is 6.31. The molecule has 2 aromatic rings. The minimum absolute atomic E-state index is 0.0839. The topological polar surface area (TPSA) is 90.1 Å². The van der Waals surface area contributed by atoms with E-state index in [0.29, 0.717) is 5.69 Å². The van der Waals surface area contributed by atoms with Crippen LogP contribution in [0, 0.1) is 10.1 Å². The van der Waals surface area contributed by atoms with Crippen LogP contribution in [0.3, 0.4) is 0 Å². The Balaban J connectivity index is 2.32. The predicted molar refractivity (Wildman–Crippen MR) is 69.3 cm³/mol. The summed E-state index contributed by atoms with van der Waals surface area (Å²) in [6, 6.07) is 5.54. The number of amides is 1. The van der Waals surface area contributed by atoms with Crippen LogP contribution >= 0.6 is 11.6 Å². The fourth-order valence-corrected chi connectivity index (χ4v) is 1.71. The Hall–Kier alpha value is -2.41. The van der Waals surface area contributed by atoms with E-state index < -0.39 is 10.8 Å². The first-order chi connectivity index (χ1) is 8.99. The number of rotatable bonds is 3. The van der Waals surface area contributed by atoms with Crippen LogP contribution in [0.1, 0.15) is 10.5 Å². The van der Waals surface area contributed by atoms with Crippen LogP contribution in [-0.4, -0.2) is 20.6 Å². The minimum atomic E-state index is -0.606. The van der Waals surface area contributed by atoms with Gasteiger partial charge in [-0.15, -0.1) is 0 Å². The molecule has 1 heterocycles. The molecule has 0 spiro atoms. The molecule has 0 saturated carbocycles. The van der Waals surface area contributed by atoms with Gasteiger partial charge in [-0.1, -0.05) is 11.6 Å². The quantitative estimate of drug-likeness (QED) is 0.689. The highest BCUT2D eigenvalue weighted by Crippen LogP contribution is 2.28. The van der Waals surface area contributed by atoms with Crippen LogP contribution in [0.5, 0.6) is 0 Å². The molecule has 2 rings (SSSR count). The summed E-state index contributed by atoms with van der Waals surface area (Å²) in [5.74, 6) is -0.481. The summed E-state index contributed by atoms with van der Waals surface area (Å²) in [6.07, 6.45) is 1.46. The number of halogens is 1. The molecular formula is C11H9ClN4O3. The molecule has 1 aromatic heterocycles. The summed E-state index contributed by atoms with van der Waals surface area (Å²) in [7, 11) is 1.60. The van der Waals surface area contributed by atoms with Crippen molar-refractivity contribution in [3.8, 4) is 0 Å². The van der Waals surface area contributed by atoms with Crippen molar-refractivity contribution in [1.82, 2.24) is 9.78 Å². The third-order valence-electron chi connectivity index (χ3n) is 2.46. The fraction of sp³-hybridized carbons (Fsp3) is 0.0909. The lowest BCUT2D eigenvalue weighted by molar-refractivity contribution is -0.383. The minimum Gasteiger partial charge on any atom is -0.315 e. The third-order valence-corrected chi connectivity index (χ3v) is 2.69. The number of benzene rings is 1. The zero-order chi connectivity index (χ0) is 14.0.